The normalized spacial score (nSPS) is 14.9. The highest BCUT2D eigenvalue weighted by molar-refractivity contribution is 7.89. The quantitative estimate of drug-likeness (QED) is 0.685. The summed E-state index contributed by atoms with van der Waals surface area (Å²) in [6.45, 7) is 2.66. The van der Waals surface area contributed by atoms with E-state index in [0.29, 0.717) is 25.9 Å². The summed E-state index contributed by atoms with van der Waals surface area (Å²) in [7, 11) is -0.993. The zero-order valence-electron chi connectivity index (χ0n) is 18.6. The Morgan fingerprint density at radius 1 is 1.12 bits per heavy atom. The first kappa shape index (κ1) is 23.7. The average Bonchev–Trinajstić information content (AvgIpc) is 2.79. The summed E-state index contributed by atoms with van der Waals surface area (Å²) in [6.07, 6.45) is 1.32. The highest BCUT2D eigenvalue weighted by Gasteiger charge is 2.29. The van der Waals surface area contributed by atoms with Gasteiger partial charge in [0, 0.05) is 45.2 Å². The molecule has 1 aliphatic heterocycles. The monoisotopic (exact) mass is 459 g/mol. The Kier molecular flexibility index (Phi) is 7.52. The Bertz CT molecular complexity index is 1060. The summed E-state index contributed by atoms with van der Waals surface area (Å²) in [5.74, 6) is -0.138. The molecule has 0 unspecified atom stereocenters. The summed E-state index contributed by atoms with van der Waals surface area (Å²) in [5.41, 5.74) is 1.14. The van der Waals surface area contributed by atoms with Crippen LogP contribution >= 0.6 is 0 Å². The average molecular weight is 460 g/mol. The van der Waals surface area contributed by atoms with Crippen molar-refractivity contribution in [1.82, 2.24) is 14.5 Å². The second-order valence-electron chi connectivity index (χ2n) is 7.88. The van der Waals surface area contributed by atoms with Crippen LogP contribution in [0.15, 0.2) is 53.4 Å². The predicted octanol–water partition coefficient (Wildman–Crippen LogP) is 2.26. The number of benzene rings is 2. The van der Waals surface area contributed by atoms with E-state index in [9.17, 15) is 18.0 Å². The van der Waals surface area contributed by atoms with Gasteiger partial charge in [-0.25, -0.2) is 8.42 Å². The van der Waals surface area contributed by atoms with Gasteiger partial charge in [-0.1, -0.05) is 30.3 Å². The van der Waals surface area contributed by atoms with Crippen LogP contribution in [0.5, 0.6) is 5.75 Å². The summed E-state index contributed by atoms with van der Waals surface area (Å²) in [4.78, 5) is 25.9. The lowest BCUT2D eigenvalue weighted by molar-refractivity contribution is -0.119. The maximum absolute atomic E-state index is 13.3. The molecular formula is C23H29N3O5S. The molecule has 2 aromatic rings. The van der Waals surface area contributed by atoms with Gasteiger partial charge >= 0.3 is 0 Å². The highest BCUT2D eigenvalue weighted by atomic mass is 32.2. The predicted molar refractivity (Wildman–Crippen MR) is 121 cm³/mol. The lowest BCUT2D eigenvalue weighted by Crippen LogP contribution is -2.46. The smallest absolute Gasteiger partial charge is 0.253 e. The first-order valence-electron chi connectivity index (χ1n) is 10.5. The van der Waals surface area contributed by atoms with Crippen molar-refractivity contribution >= 4 is 21.8 Å². The number of nitrogens with zero attached hydrogens (tertiary/aromatic N) is 2. The van der Waals surface area contributed by atoms with Gasteiger partial charge in [0.05, 0.1) is 7.11 Å². The van der Waals surface area contributed by atoms with Gasteiger partial charge in [0.15, 0.2) is 0 Å². The van der Waals surface area contributed by atoms with Gasteiger partial charge in [-0.2, -0.15) is 4.31 Å². The second-order valence-corrected chi connectivity index (χ2v) is 9.89. The number of nitrogens with one attached hydrogen (secondary N) is 1. The molecule has 1 heterocycles. The molecule has 3 rings (SSSR count). The fraction of sp³-hybridized carbons (Fsp3) is 0.391. The number of hydrogen-bond donors (Lipinski definition) is 1. The third-order valence-corrected chi connectivity index (χ3v) is 7.36. The van der Waals surface area contributed by atoms with Crippen LogP contribution in [0.4, 0.5) is 0 Å². The highest BCUT2D eigenvalue weighted by Crippen LogP contribution is 2.29. The molecule has 32 heavy (non-hydrogen) atoms. The fourth-order valence-corrected chi connectivity index (χ4v) is 5.14. The number of carbonyl (C=O) groups is 2. The summed E-state index contributed by atoms with van der Waals surface area (Å²) in [5, 5.41) is 2.88. The SMILES string of the molecule is COc1ccc(C(=O)N2CCC(NC(C)=O)CC2)cc1S(=O)(=O)N(C)Cc1ccccc1. The van der Waals surface area contributed by atoms with E-state index in [2.05, 4.69) is 5.32 Å². The number of piperidine rings is 1. The van der Waals surface area contributed by atoms with Crippen molar-refractivity contribution in [2.75, 3.05) is 27.2 Å². The standard InChI is InChI=1S/C23H29N3O5S/c1-17(27)24-20-11-13-26(14-12-20)23(28)19-9-10-21(31-3)22(15-19)32(29,30)25(2)16-18-7-5-4-6-8-18/h4-10,15,20H,11-14,16H2,1-3H3,(H,24,27). The summed E-state index contributed by atoms with van der Waals surface area (Å²) < 4.78 is 33.1. The molecule has 0 saturated carbocycles. The van der Waals surface area contributed by atoms with Gasteiger partial charge in [0.2, 0.25) is 15.9 Å². The Morgan fingerprint density at radius 2 is 1.78 bits per heavy atom. The Labute approximate surface area is 189 Å². The third kappa shape index (κ3) is 5.46. The van der Waals surface area contributed by atoms with Gasteiger partial charge in [-0.15, -0.1) is 0 Å². The van der Waals surface area contributed by atoms with Crippen LogP contribution < -0.4 is 10.1 Å². The van der Waals surface area contributed by atoms with Crippen molar-refractivity contribution < 1.29 is 22.7 Å². The van der Waals surface area contributed by atoms with Gasteiger partial charge in [0.25, 0.3) is 5.91 Å². The summed E-state index contributed by atoms with van der Waals surface area (Å²) >= 11 is 0. The van der Waals surface area contributed by atoms with E-state index >= 15 is 0 Å². The van der Waals surface area contributed by atoms with Crippen LogP contribution in [-0.4, -0.2) is 62.7 Å². The van der Waals surface area contributed by atoms with Crippen LogP contribution in [0.1, 0.15) is 35.7 Å². The molecule has 2 amide bonds. The largest absolute Gasteiger partial charge is 0.495 e. The summed E-state index contributed by atoms with van der Waals surface area (Å²) in [6, 6.07) is 13.8. The molecule has 1 saturated heterocycles. The van der Waals surface area contributed by atoms with Crippen molar-refractivity contribution in [3.63, 3.8) is 0 Å². The van der Waals surface area contributed by atoms with Crippen molar-refractivity contribution in [3.05, 3.63) is 59.7 Å². The zero-order valence-corrected chi connectivity index (χ0v) is 19.4. The molecule has 0 radical (unpaired) electrons. The molecule has 0 aromatic heterocycles. The minimum atomic E-state index is -3.90. The minimum Gasteiger partial charge on any atom is -0.495 e. The van der Waals surface area contributed by atoms with Gasteiger partial charge in [-0.3, -0.25) is 9.59 Å². The van der Waals surface area contributed by atoms with E-state index in [0.717, 1.165) is 5.56 Å². The Morgan fingerprint density at radius 3 is 2.38 bits per heavy atom. The van der Waals surface area contributed by atoms with E-state index in [1.165, 1.54) is 37.5 Å². The van der Waals surface area contributed by atoms with Crippen molar-refractivity contribution in [2.24, 2.45) is 0 Å². The molecule has 0 spiro atoms. The number of sulfonamides is 1. The third-order valence-electron chi connectivity index (χ3n) is 5.54. The fourth-order valence-electron chi connectivity index (χ4n) is 3.80. The Hall–Kier alpha value is -2.91. The zero-order chi connectivity index (χ0) is 23.3. The van der Waals surface area contributed by atoms with E-state index in [-0.39, 0.29) is 40.6 Å². The van der Waals surface area contributed by atoms with E-state index < -0.39 is 10.0 Å². The number of rotatable bonds is 7. The first-order valence-corrected chi connectivity index (χ1v) is 11.9. The topological polar surface area (TPSA) is 96.0 Å². The molecule has 1 fully saturated rings. The number of carbonyl (C=O) groups excluding carboxylic acids is 2. The maximum Gasteiger partial charge on any atom is 0.253 e. The number of ether oxygens (including phenoxy) is 1. The first-order chi connectivity index (χ1) is 15.2. The maximum atomic E-state index is 13.3. The van der Waals surface area contributed by atoms with Gasteiger partial charge in [0.1, 0.15) is 10.6 Å². The molecule has 1 N–H and O–H groups in total. The molecule has 0 aliphatic carbocycles. The van der Waals surface area contributed by atoms with Crippen LogP contribution in [0.25, 0.3) is 0 Å². The molecule has 8 nitrogen and oxygen atoms in total. The van der Waals surface area contributed by atoms with Gasteiger partial charge in [-0.05, 0) is 36.6 Å². The van der Waals surface area contributed by atoms with Crippen molar-refractivity contribution in [2.45, 2.75) is 37.2 Å². The lowest BCUT2D eigenvalue weighted by Gasteiger charge is -2.32. The molecular weight excluding hydrogens is 430 g/mol. The number of methoxy groups -OCH3 is 1. The van der Waals surface area contributed by atoms with E-state index in [4.69, 9.17) is 4.74 Å². The second kappa shape index (κ2) is 10.1. The van der Waals surface area contributed by atoms with Crippen LogP contribution in [0.3, 0.4) is 0 Å². The molecule has 9 heteroatoms. The number of amides is 2. The van der Waals surface area contributed by atoms with Crippen LogP contribution in [-0.2, 0) is 21.4 Å². The molecule has 1 aliphatic rings. The van der Waals surface area contributed by atoms with Crippen molar-refractivity contribution in [3.8, 4) is 5.75 Å². The molecule has 172 valence electrons. The Balaban J connectivity index is 1.80. The molecule has 0 atom stereocenters. The van der Waals surface area contributed by atoms with Gasteiger partial charge < -0.3 is 15.0 Å². The van der Waals surface area contributed by atoms with Crippen LogP contribution in [0.2, 0.25) is 0 Å². The molecule has 0 bridgehead atoms. The van der Waals surface area contributed by atoms with E-state index in [1.807, 2.05) is 30.3 Å². The van der Waals surface area contributed by atoms with Crippen molar-refractivity contribution in [1.29, 1.82) is 0 Å². The number of likely N-dealkylation sites (tertiary alicyclic amines) is 1. The molecule has 2 aromatic carbocycles. The minimum absolute atomic E-state index is 0.0441. The number of hydrogen-bond acceptors (Lipinski definition) is 5. The lowest BCUT2D eigenvalue weighted by atomic mass is 10.0. The van der Waals surface area contributed by atoms with Crippen LogP contribution in [0, 0.1) is 0 Å². The van der Waals surface area contributed by atoms with E-state index in [1.54, 1.807) is 11.0 Å².